The molecule has 1 aromatic carbocycles. The molecule has 0 aromatic heterocycles. The van der Waals surface area contributed by atoms with Gasteiger partial charge in [0.1, 0.15) is 11.6 Å². The molecule has 0 saturated carbocycles. The molecule has 0 unspecified atom stereocenters. The van der Waals surface area contributed by atoms with Crippen LogP contribution < -0.4 is 5.73 Å². The molecule has 0 aliphatic rings. The number of ether oxygens (including phenoxy) is 1. The molecule has 5 heteroatoms. The molecule has 0 fully saturated rings. The highest BCUT2D eigenvalue weighted by Crippen LogP contribution is 2.08. The largest absolute Gasteiger partial charge is 0.389 e. The van der Waals surface area contributed by atoms with Crippen LogP contribution in [-0.2, 0) is 16.1 Å². The molecule has 0 heterocycles. The Bertz CT molecular complexity index is 435. The van der Waals surface area contributed by atoms with Gasteiger partial charge in [-0.15, -0.1) is 0 Å². The first-order chi connectivity index (χ1) is 8.54. The summed E-state index contributed by atoms with van der Waals surface area (Å²) in [5.74, 6) is -0.0439. The second-order valence-corrected chi connectivity index (χ2v) is 4.39. The summed E-state index contributed by atoms with van der Waals surface area (Å²) in [6, 6.07) is 7.57. The number of benzene rings is 1. The Morgan fingerprint density at radius 2 is 2.22 bits per heavy atom. The normalized spacial score (nSPS) is 10.1. The molecule has 0 bridgehead atoms. The Balaban J connectivity index is 2.63. The van der Waals surface area contributed by atoms with Crippen LogP contribution in [0.3, 0.4) is 0 Å². The molecular formula is C13H18N2O2S. The van der Waals surface area contributed by atoms with Gasteiger partial charge >= 0.3 is 0 Å². The van der Waals surface area contributed by atoms with Gasteiger partial charge in [0.2, 0.25) is 5.91 Å². The van der Waals surface area contributed by atoms with Crippen LogP contribution in [-0.4, -0.2) is 36.1 Å². The van der Waals surface area contributed by atoms with Crippen molar-refractivity contribution in [1.82, 2.24) is 4.90 Å². The fourth-order valence-electron chi connectivity index (χ4n) is 1.48. The molecule has 0 aliphatic carbocycles. The average molecular weight is 266 g/mol. The first-order valence-corrected chi connectivity index (χ1v) is 6.16. The van der Waals surface area contributed by atoms with E-state index in [0.717, 1.165) is 11.1 Å². The van der Waals surface area contributed by atoms with Gasteiger partial charge in [-0.3, -0.25) is 4.79 Å². The smallest absolute Gasteiger partial charge is 0.248 e. The van der Waals surface area contributed by atoms with E-state index in [1.54, 1.807) is 11.9 Å². The minimum Gasteiger partial charge on any atom is -0.389 e. The monoisotopic (exact) mass is 266 g/mol. The number of nitrogens with zero attached hydrogens (tertiary/aromatic N) is 1. The summed E-state index contributed by atoms with van der Waals surface area (Å²) >= 11 is 4.92. The summed E-state index contributed by atoms with van der Waals surface area (Å²) in [7, 11) is 1.74. The van der Waals surface area contributed by atoms with Crippen molar-refractivity contribution in [3.63, 3.8) is 0 Å². The van der Waals surface area contributed by atoms with Gasteiger partial charge < -0.3 is 15.4 Å². The Labute approximate surface area is 113 Å². The van der Waals surface area contributed by atoms with E-state index < -0.39 is 0 Å². The quantitative estimate of drug-likeness (QED) is 0.789. The van der Waals surface area contributed by atoms with E-state index in [1.807, 2.05) is 31.2 Å². The maximum absolute atomic E-state index is 11.7. The summed E-state index contributed by atoms with van der Waals surface area (Å²) in [5, 5.41) is 0. The minimum atomic E-state index is -0.0439. The lowest BCUT2D eigenvalue weighted by molar-refractivity contribution is -0.135. The molecule has 4 nitrogen and oxygen atoms in total. The van der Waals surface area contributed by atoms with E-state index in [2.05, 4.69) is 0 Å². The number of nitrogens with two attached hydrogens (primary N) is 1. The number of likely N-dealkylation sites (N-methyl/N-ethyl adjacent to an activating group) is 1. The molecule has 0 radical (unpaired) electrons. The van der Waals surface area contributed by atoms with Gasteiger partial charge in [0.05, 0.1) is 0 Å². The van der Waals surface area contributed by atoms with Gasteiger partial charge in [0, 0.05) is 25.8 Å². The van der Waals surface area contributed by atoms with E-state index in [1.165, 1.54) is 0 Å². The topological polar surface area (TPSA) is 55.6 Å². The van der Waals surface area contributed by atoms with Crippen molar-refractivity contribution in [2.45, 2.75) is 13.5 Å². The fourth-order valence-corrected chi connectivity index (χ4v) is 1.61. The van der Waals surface area contributed by atoms with Crippen molar-refractivity contribution in [2.75, 3.05) is 20.3 Å². The van der Waals surface area contributed by atoms with Gasteiger partial charge in [-0.1, -0.05) is 30.4 Å². The maximum Gasteiger partial charge on any atom is 0.248 e. The van der Waals surface area contributed by atoms with E-state index >= 15 is 0 Å². The summed E-state index contributed by atoms with van der Waals surface area (Å²) in [6.07, 6.45) is 0. The molecule has 2 N–H and O–H groups in total. The third-order valence-electron chi connectivity index (χ3n) is 2.49. The molecule has 98 valence electrons. The standard InChI is InChI=1S/C13H18N2O2S/c1-3-17-9-12(16)15(2)8-10-5-4-6-11(7-10)13(14)18/h4-7H,3,8-9H2,1-2H3,(H2,14,18). The van der Waals surface area contributed by atoms with E-state index in [4.69, 9.17) is 22.7 Å². The molecule has 0 aliphatic heterocycles. The van der Waals surface area contributed by atoms with Gasteiger partial charge in [-0.2, -0.15) is 0 Å². The lowest BCUT2D eigenvalue weighted by atomic mass is 10.1. The van der Waals surface area contributed by atoms with Gasteiger partial charge in [-0.05, 0) is 18.6 Å². The van der Waals surface area contributed by atoms with Crippen molar-refractivity contribution < 1.29 is 9.53 Å². The van der Waals surface area contributed by atoms with Crippen molar-refractivity contribution in [2.24, 2.45) is 5.73 Å². The highest BCUT2D eigenvalue weighted by Gasteiger charge is 2.09. The zero-order valence-corrected chi connectivity index (χ0v) is 11.5. The summed E-state index contributed by atoms with van der Waals surface area (Å²) in [6.45, 7) is 3.03. The van der Waals surface area contributed by atoms with Crippen molar-refractivity contribution in [3.8, 4) is 0 Å². The van der Waals surface area contributed by atoms with Crippen LogP contribution in [0.25, 0.3) is 0 Å². The SMILES string of the molecule is CCOCC(=O)N(C)Cc1cccc(C(N)=S)c1. The molecule has 0 atom stereocenters. The highest BCUT2D eigenvalue weighted by molar-refractivity contribution is 7.80. The number of hydrogen-bond donors (Lipinski definition) is 1. The van der Waals surface area contributed by atoms with E-state index in [-0.39, 0.29) is 12.5 Å². The number of carbonyl (C=O) groups excluding carboxylic acids is 1. The molecule has 1 amide bonds. The van der Waals surface area contributed by atoms with E-state index in [9.17, 15) is 4.79 Å². The Morgan fingerprint density at radius 3 is 2.83 bits per heavy atom. The average Bonchev–Trinajstić information content (AvgIpc) is 2.36. The third-order valence-corrected chi connectivity index (χ3v) is 2.72. The molecule has 0 spiro atoms. The Morgan fingerprint density at radius 1 is 1.50 bits per heavy atom. The number of hydrogen-bond acceptors (Lipinski definition) is 3. The number of thiocarbonyl (C=S) groups is 1. The van der Waals surface area contributed by atoms with Crippen LogP contribution in [0.4, 0.5) is 0 Å². The van der Waals surface area contributed by atoms with Crippen LogP contribution in [0.15, 0.2) is 24.3 Å². The van der Waals surface area contributed by atoms with Crippen LogP contribution in [0.1, 0.15) is 18.1 Å². The van der Waals surface area contributed by atoms with Crippen LogP contribution in [0.5, 0.6) is 0 Å². The summed E-state index contributed by atoms with van der Waals surface area (Å²) < 4.78 is 5.08. The Hall–Kier alpha value is -1.46. The second kappa shape index (κ2) is 7.08. The van der Waals surface area contributed by atoms with Crippen molar-refractivity contribution >= 4 is 23.1 Å². The fraction of sp³-hybridized carbons (Fsp3) is 0.385. The zero-order valence-electron chi connectivity index (χ0n) is 10.7. The molecule has 18 heavy (non-hydrogen) atoms. The molecule has 0 saturated heterocycles. The summed E-state index contributed by atoms with van der Waals surface area (Å²) in [5.41, 5.74) is 7.38. The van der Waals surface area contributed by atoms with Gasteiger partial charge in [0.25, 0.3) is 0 Å². The van der Waals surface area contributed by atoms with Crippen LogP contribution >= 0.6 is 12.2 Å². The van der Waals surface area contributed by atoms with Crippen LogP contribution in [0.2, 0.25) is 0 Å². The third kappa shape index (κ3) is 4.43. The Kier molecular flexibility index (Phi) is 5.74. The molecule has 1 rings (SSSR count). The lowest BCUT2D eigenvalue weighted by Gasteiger charge is -2.17. The van der Waals surface area contributed by atoms with Crippen LogP contribution in [0, 0.1) is 0 Å². The predicted octanol–water partition coefficient (Wildman–Crippen LogP) is 1.32. The predicted molar refractivity (Wildman–Crippen MR) is 75.3 cm³/mol. The number of rotatable bonds is 6. The van der Waals surface area contributed by atoms with Crippen molar-refractivity contribution in [3.05, 3.63) is 35.4 Å². The highest BCUT2D eigenvalue weighted by atomic mass is 32.1. The maximum atomic E-state index is 11.7. The van der Waals surface area contributed by atoms with E-state index in [0.29, 0.717) is 18.1 Å². The molecule has 1 aromatic rings. The lowest BCUT2D eigenvalue weighted by Crippen LogP contribution is -2.30. The summed E-state index contributed by atoms with van der Waals surface area (Å²) in [4.78, 5) is 13.7. The number of carbonyl (C=O) groups is 1. The van der Waals surface area contributed by atoms with Crippen molar-refractivity contribution in [1.29, 1.82) is 0 Å². The zero-order chi connectivity index (χ0) is 13.5. The van der Waals surface area contributed by atoms with Gasteiger partial charge in [0.15, 0.2) is 0 Å². The molecular weight excluding hydrogens is 248 g/mol. The van der Waals surface area contributed by atoms with Gasteiger partial charge in [-0.25, -0.2) is 0 Å². The number of amides is 1. The first kappa shape index (κ1) is 14.6. The first-order valence-electron chi connectivity index (χ1n) is 5.75. The second-order valence-electron chi connectivity index (χ2n) is 3.95. The minimum absolute atomic E-state index is 0.0439.